The third-order valence-corrected chi connectivity index (χ3v) is 2.57. The number of phenols is 1. The van der Waals surface area contributed by atoms with Gasteiger partial charge >= 0.3 is 0 Å². The number of methoxy groups -OCH3 is 1. The summed E-state index contributed by atoms with van der Waals surface area (Å²) < 4.78 is 4.83. The van der Waals surface area contributed by atoms with E-state index in [1.807, 2.05) is 0 Å². The van der Waals surface area contributed by atoms with E-state index in [9.17, 15) is 14.7 Å². The molecule has 4 nitrogen and oxygen atoms in total. The average Bonchev–Trinajstić information content (AvgIpc) is 2.26. The van der Waals surface area contributed by atoms with Gasteiger partial charge in [-0.25, -0.2) is 0 Å². The molecule has 0 aliphatic heterocycles. The van der Waals surface area contributed by atoms with Crippen LogP contribution in [0.3, 0.4) is 0 Å². The zero-order chi connectivity index (χ0) is 11.9. The molecule has 0 saturated carbocycles. The molecule has 1 aromatic carbocycles. The number of phenolic OH excluding ortho intramolecular Hbond substituents is 1. The molecule has 1 aromatic rings. The van der Waals surface area contributed by atoms with Crippen molar-refractivity contribution >= 4 is 11.6 Å². The number of rotatable bonds is 1. The minimum absolute atomic E-state index is 0.00574. The zero-order valence-electron chi connectivity index (χ0n) is 8.90. The number of benzene rings is 1. The predicted molar refractivity (Wildman–Crippen MR) is 56.6 cm³/mol. The van der Waals surface area contributed by atoms with Crippen LogP contribution >= 0.6 is 0 Å². The molecular weight excluding hydrogens is 208 g/mol. The van der Waals surface area contributed by atoms with E-state index >= 15 is 0 Å². The van der Waals surface area contributed by atoms with Crippen molar-refractivity contribution in [3.63, 3.8) is 0 Å². The number of hydrogen-bond acceptors (Lipinski definition) is 4. The van der Waals surface area contributed by atoms with Crippen LogP contribution in [-0.4, -0.2) is 23.8 Å². The van der Waals surface area contributed by atoms with Crippen molar-refractivity contribution in [2.45, 2.75) is 6.92 Å². The van der Waals surface area contributed by atoms with Crippen molar-refractivity contribution in [2.24, 2.45) is 0 Å². The van der Waals surface area contributed by atoms with Gasteiger partial charge in [-0.15, -0.1) is 0 Å². The number of ketones is 2. The lowest BCUT2D eigenvalue weighted by Gasteiger charge is -2.16. The first-order chi connectivity index (χ1) is 7.56. The van der Waals surface area contributed by atoms with Gasteiger partial charge in [0.05, 0.1) is 12.7 Å². The fourth-order valence-corrected chi connectivity index (χ4v) is 1.77. The maximum atomic E-state index is 11.9. The van der Waals surface area contributed by atoms with Crippen LogP contribution in [0.2, 0.25) is 0 Å². The minimum atomic E-state index is -0.410. The van der Waals surface area contributed by atoms with Gasteiger partial charge < -0.3 is 9.84 Å². The van der Waals surface area contributed by atoms with Crippen molar-refractivity contribution in [3.05, 3.63) is 40.7 Å². The summed E-state index contributed by atoms with van der Waals surface area (Å²) in [5, 5.41) is 9.58. The molecule has 16 heavy (non-hydrogen) atoms. The fourth-order valence-electron chi connectivity index (χ4n) is 1.77. The molecule has 0 bridgehead atoms. The van der Waals surface area contributed by atoms with E-state index in [0.717, 1.165) is 6.08 Å². The van der Waals surface area contributed by atoms with Crippen LogP contribution in [0.5, 0.6) is 5.75 Å². The molecule has 0 unspecified atom stereocenters. The minimum Gasteiger partial charge on any atom is -0.507 e. The first-order valence-corrected chi connectivity index (χ1v) is 4.73. The Morgan fingerprint density at radius 3 is 2.50 bits per heavy atom. The molecule has 1 aliphatic carbocycles. The Morgan fingerprint density at radius 2 is 1.88 bits per heavy atom. The number of carbonyl (C=O) groups excluding carboxylic acids is 2. The smallest absolute Gasteiger partial charge is 0.228 e. The highest BCUT2D eigenvalue weighted by molar-refractivity contribution is 6.25. The largest absolute Gasteiger partial charge is 0.507 e. The zero-order valence-corrected chi connectivity index (χ0v) is 8.90. The molecule has 0 amide bonds. The summed E-state index contributed by atoms with van der Waals surface area (Å²) in [5.41, 5.74) is 0.934. The molecule has 82 valence electrons. The van der Waals surface area contributed by atoms with Crippen molar-refractivity contribution in [1.29, 1.82) is 0 Å². The maximum Gasteiger partial charge on any atom is 0.228 e. The van der Waals surface area contributed by atoms with Crippen molar-refractivity contribution < 1.29 is 19.4 Å². The second-order valence-corrected chi connectivity index (χ2v) is 3.56. The van der Waals surface area contributed by atoms with Crippen LogP contribution in [0, 0.1) is 6.92 Å². The highest BCUT2D eigenvalue weighted by Gasteiger charge is 2.30. The fraction of sp³-hybridized carbons (Fsp3) is 0.167. The molecule has 0 saturated heterocycles. The molecule has 0 aromatic heterocycles. The van der Waals surface area contributed by atoms with Gasteiger partial charge in [0.25, 0.3) is 0 Å². The van der Waals surface area contributed by atoms with Gasteiger partial charge in [-0.2, -0.15) is 0 Å². The lowest BCUT2D eigenvalue weighted by molar-refractivity contribution is 0.0914. The third-order valence-electron chi connectivity index (χ3n) is 2.57. The van der Waals surface area contributed by atoms with Crippen LogP contribution in [0.1, 0.15) is 26.3 Å². The SMILES string of the molecule is COC1=CC(=O)c2c(O)ccc(C)c2C1=O. The summed E-state index contributed by atoms with van der Waals surface area (Å²) in [5.74, 6) is -0.949. The van der Waals surface area contributed by atoms with E-state index in [4.69, 9.17) is 4.74 Å². The normalized spacial score (nSPS) is 14.5. The Hall–Kier alpha value is -2.10. The molecule has 2 rings (SSSR count). The van der Waals surface area contributed by atoms with E-state index in [-0.39, 0.29) is 28.4 Å². The van der Waals surface area contributed by atoms with Gasteiger partial charge in [-0.1, -0.05) is 6.07 Å². The van der Waals surface area contributed by atoms with Gasteiger partial charge in [-0.3, -0.25) is 9.59 Å². The number of allylic oxidation sites excluding steroid dienone is 2. The number of Topliss-reactive ketones (excluding diaryl/α,β-unsaturated/α-hetero) is 1. The second-order valence-electron chi connectivity index (χ2n) is 3.56. The lowest BCUT2D eigenvalue weighted by Crippen LogP contribution is -2.19. The van der Waals surface area contributed by atoms with Gasteiger partial charge in [0.15, 0.2) is 11.5 Å². The molecule has 1 N–H and O–H groups in total. The molecular formula is C12H10O4. The standard InChI is InChI=1S/C12H10O4/c1-6-3-4-7(13)11-8(14)5-9(16-2)12(15)10(6)11/h3-5,13H,1-2H3. The summed E-state index contributed by atoms with van der Waals surface area (Å²) in [6.45, 7) is 1.71. The second kappa shape index (κ2) is 3.48. The summed E-state index contributed by atoms with van der Waals surface area (Å²) in [6, 6.07) is 3.00. The highest BCUT2D eigenvalue weighted by atomic mass is 16.5. The Labute approximate surface area is 92.2 Å². The quantitative estimate of drug-likeness (QED) is 0.777. The summed E-state index contributed by atoms with van der Waals surface area (Å²) in [7, 11) is 1.33. The molecule has 0 fully saturated rings. The molecule has 0 heterocycles. The summed E-state index contributed by atoms with van der Waals surface area (Å²) in [4.78, 5) is 23.6. The predicted octanol–water partition coefficient (Wildman–Crippen LogP) is 1.61. The summed E-state index contributed by atoms with van der Waals surface area (Å²) >= 11 is 0. The monoisotopic (exact) mass is 218 g/mol. The lowest BCUT2D eigenvalue weighted by atomic mass is 9.89. The first kappa shape index (κ1) is 10.4. The van der Waals surface area contributed by atoms with Gasteiger partial charge in [-0.05, 0) is 18.6 Å². The number of hydrogen-bond donors (Lipinski definition) is 1. The topological polar surface area (TPSA) is 63.6 Å². The number of aryl methyl sites for hydroxylation is 1. The average molecular weight is 218 g/mol. The molecule has 0 radical (unpaired) electrons. The molecule has 1 aliphatic rings. The van der Waals surface area contributed by atoms with Crippen LogP contribution in [0.4, 0.5) is 0 Å². The molecule has 4 heteroatoms. The van der Waals surface area contributed by atoms with Crippen LogP contribution in [0.25, 0.3) is 0 Å². The van der Waals surface area contributed by atoms with E-state index in [1.54, 1.807) is 13.0 Å². The number of carbonyl (C=O) groups is 2. The third kappa shape index (κ3) is 1.31. The van der Waals surface area contributed by atoms with E-state index in [0.29, 0.717) is 5.56 Å². The highest BCUT2D eigenvalue weighted by Crippen LogP contribution is 2.30. The van der Waals surface area contributed by atoms with Gasteiger partial charge in [0.1, 0.15) is 5.75 Å². The molecule has 0 spiro atoms. The van der Waals surface area contributed by atoms with Crippen molar-refractivity contribution in [3.8, 4) is 5.75 Å². The number of ether oxygens (including phenoxy) is 1. The van der Waals surface area contributed by atoms with Crippen LogP contribution < -0.4 is 0 Å². The Morgan fingerprint density at radius 1 is 1.19 bits per heavy atom. The Bertz CT molecular complexity index is 526. The van der Waals surface area contributed by atoms with Gasteiger partial charge in [0.2, 0.25) is 5.78 Å². The maximum absolute atomic E-state index is 11.9. The van der Waals surface area contributed by atoms with Crippen molar-refractivity contribution in [1.82, 2.24) is 0 Å². The summed E-state index contributed by atoms with van der Waals surface area (Å²) in [6.07, 6.45) is 1.10. The molecule has 0 atom stereocenters. The Balaban J connectivity index is 2.75. The van der Waals surface area contributed by atoms with E-state index < -0.39 is 5.78 Å². The van der Waals surface area contributed by atoms with Crippen molar-refractivity contribution in [2.75, 3.05) is 7.11 Å². The Kier molecular flexibility index (Phi) is 2.27. The first-order valence-electron chi connectivity index (χ1n) is 4.73. The van der Waals surface area contributed by atoms with Gasteiger partial charge in [0, 0.05) is 11.6 Å². The number of aromatic hydroxyl groups is 1. The van der Waals surface area contributed by atoms with E-state index in [1.165, 1.54) is 13.2 Å². The van der Waals surface area contributed by atoms with E-state index in [2.05, 4.69) is 0 Å². The van der Waals surface area contributed by atoms with Crippen LogP contribution in [-0.2, 0) is 4.74 Å². The number of fused-ring (bicyclic) bond motifs is 1. The van der Waals surface area contributed by atoms with Crippen LogP contribution in [0.15, 0.2) is 24.0 Å².